The van der Waals surface area contributed by atoms with E-state index in [0.717, 1.165) is 5.56 Å². The first-order valence-corrected chi connectivity index (χ1v) is 7.63. The number of amides is 1. The van der Waals surface area contributed by atoms with Crippen LogP contribution in [0.5, 0.6) is 0 Å². The molecule has 0 aliphatic carbocycles. The van der Waals surface area contributed by atoms with Crippen LogP contribution in [0.4, 0.5) is 5.82 Å². The number of aliphatic hydroxyl groups excluding tert-OH is 1. The van der Waals surface area contributed by atoms with Gasteiger partial charge in [0.1, 0.15) is 5.82 Å². The first kappa shape index (κ1) is 15.9. The Bertz CT molecular complexity index is 830. The lowest BCUT2D eigenvalue weighted by molar-refractivity contribution is -0.118. The van der Waals surface area contributed by atoms with Gasteiger partial charge >= 0.3 is 0 Å². The molecule has 0 spiro atoms. The summed E-state index contributed by atoms with van der Waals surface area (Å²) in [6.07, 6.45) is 2.40. The summed E-state index contributed by atoms with van der Waals surface area (Å²) in [6, 6.07) is 14.6. The number of anilines is 1. The molecular weight excluding hydrogens is 304 g/mol. The molecule has 1 unspecified atom stereocenters. The van der Waals surface area contributed by atoms with E-state index >= 15 is 0 Å². The molecule has 0 aliphatic heterocycles. The van der Waals surface area contributed by atoms with Gasteiger partial charge in [0.25, 0.3) is 0 Å². The Morgan fingerprint density at radius 2 is 2.00 bits per heavy atom. The van der Waals surface area contributed by atoms with E-state index in [4.69, 9.17) is 0 Å². The lowest BCUT2D eigenvalue weighted by Crippen LogP contribution is -2.18. The number of carbonyl (C=O) groups excluding carboxylic acids is 1. The van der Waals surface area contributed by atoms with Crippen molar-refractivity contribution < 1.29 is 9.90 Å². The van der Waals surface area contributed by atoms with Gasteiger partial charge in [0.15, 0.2) is 5.82 Å². The van der Waals surface area contributed by atoms with Crippen molar-refractivity contribution in [2.45, 2.75) is 19.4 Å². The third-order valence-corrected chi connectivity index (χ3v) is 3.59. The molecule has 0 bridgehead atoms. The first-order valence-electron chi connectivity index (χ1n) is 7.63. The Balaban J connectivity index is 1.71. The van der Waals surface area contributed by atoms with Crippen LogP contribution in [0.2, 0.25) is 0 Å². The highest BCUT2D eigenvalue weighted by atomic mass is 16.3. The molecule has 0 radical (unpaired) electrons. The van der Waals surface area contributed by atoms with Gasteiger partial charge in [0, 0.05) is 12.3 Å². The number of benzene rings is 1. The molecule has 1 amide bonds. The van der Waals surface area contributed by atoms with E-state index in [2.05, 4.69) is 15.4 Å². The van der Waals surface area contributed by atoms with Crippen LogP contribution in [-0.4, -0.2) is 25.8 Å². The molecule has 3 rings (SSSR count). The summed E-state index contributed by atoms with van der Waals surface area (Å²) in [7, 11) is 0. The van der Waals surface area contributed by atoms with E-state index in [1.54, 1.807) is 35.3 Å². The number of rotatable bonds is 5. The van der Waals surface area contributed by atoms with E-state index in [-0.39, 0.29) is 12.3 Å². The zero-order chi connectivity index (χ0) is 16.9. The topological polar surface area (TPSA) is 80.0 Å². The van der Waals surface area contributed by atoms with Crippen LogP contribution in [0.15, 0.2) is 60.9 Å². The fourth-order valence-corrected chi connectivity index (χ4v) is 2.38. The highest BCUT2D eigenvalue weighted by Crippen LogP contribution is 2.18. The Kier molecular flexibility index (Phi) is 4.67. The van der Waals surface area contributed by atoms with Gasteiger partial charge in [-0.3, -0.25) is 4.79 Å². The Morgan fingerprint density at radius 1 is 1.21 bits per heavy atom. The number of pyridine rings is 1. The molecule has 0 saturated carbocycles. The van der Waals surface area contributed by atoms with E-state index in [0.29, 0.717) is 17.2 Å². The smallest absolute Gasteiger partial charge is 0.228 e. The number of nitrogens with one attached hydrogen (secondary N) is 1. The predicted molar refractivity (Wildman–Crippen MR) is 90.7 cm³/mol. The lowest BCUT2D eigenvalue weighted by Gasteiger charge is -2.12. The second kappa shape index (κ2) is 7.06. The van der Waals surface area contributed by atoms with Crippen LogP contribution in [0.25, 0.3) is 5.82 Å². The molecule has 0 saturated heterocycles. The predicted octanol–water partition coefficient (Wildman–Crippen LogP) is 2.64. The van der Waals surface area contributed by atoms with Gasteiger partial charge < -0.3 is 10.4 Å². The molecule has 6 heteroatoms. The van der Waals surface area contributed by atoms with Crippen molar-refractivity contribution >= 4 is 11.7 Å². The SMILES string of the molecule is Cc1ccnc(-n2nccc2NC(=O)CC(O)c2ccccc2)c1. The number of hydrogen-bond donors (Lipinski definition) is 2. The zero-order valence-electron chi connectivity index (χ0n) is 13.3. The van der Waals surface area contributed by atoms with Gasteiger partial charge in [-0.05, 0) is 30.2 Å². The summed E-state index contributed by atoms with van der Waals surface area (Å²) < 4.78 is 1.56. The molecule has 0 fully saturated rings. The minimum Gasteiger partial charge on any atom is -0.388 e. The van der Waals surface area contributed by atoms with Crippen LogP contribution < -0.4 is 5.32 Å². The lowest BCUT2D eigenvalue weighted by atomic mass is 10.1. The maximum atomic E-state index is 12.2. The van der Waals surface area contributed by atoms with E-state index < -0.39 is 6.10 Å². The molecule has 6 nitrogen and oxygen atoms in total. The van der Waals surface area contributed by atoms with Crippen molar-refractivity contribution in [2.24, 2.45) is 0 Å². The van der Waals surface area contributed by atoms with Gasteiger partial charge in [0.2, 0.25) is 5.91 Å². The minimum atomic E-state index is -0.848. The summed E-state index contributed by atoms with van der Waals surface area (Å²) in [4.78, 5) is 16.5. The third-order valence-electron chi connectivity index (χ3n) is 3.59. The molecule has 0 aliphatic rings. The van der Waals surface area contributed by atoms with E-state index in [9.17, 15) is 9.90 Å². The molecule has 2 N–H and O–H groups in total. The first-order chi connectivity index (χ1) is 11.6. The van der Waals surface area contributed by atoms with Crippen molar-refractivity contribution in [3.05, 3.63) is 72.1 Å². The summed E-state index contributed by atoms with van der Waals surface area (Å²) in [5.41, 5.74) is 1.76. The van der Waals surface area contributed by atoms with Crippen molar-refractivity contribution in [2.75, 3.05) is 5.32 Å². The van der Waals surface area contributed by atoms with Crippen LogP contribution in [0.1, 0.15) is 23.7 Å². The number of aryl methyl sites for hydroxylation is 1. The summed E-state index contributed by atoms with van der Waals surface area (Å²) in [6.45, 7) is 1.96. The minimum absolute atomic E-state index is 0.0313. The number of carbonyl (C=O) groups is 1. The molecule has 1 atom stereocenters. The molecular formula is C18H18N4O2. The fourth-order valence-electron chi connectivity index (χ4n) is 2.38. The highest BCUT2D eigenvalue weighted by Gasteiger charge is 2.15. The molecule has 122 valence electrons. The van der Waals surface area contributed by atoms with Gasteiger partial charge in [-0.2, -0.15) is 9.78 Å². The number of aliphatic hydroxyl groups is 1. The molecule has 3 aromatic rings. The Morgan fingerprint density at radius 3 is 2.75 bits per heavy atom. The number of aromatic nitrogens is 3. The second-order valence-corrected chi connectivity index (χ2v) is 5.50. The summed E-state index contributed by atoms with van der Waals surface area (Å²) in [5, 5.41) is 17.1. The van der Waals surface area contributed by atoms with Gasteiger partial charge in [-0.15, -0.1) is 0 Å². The van der Waals surface area contributed by atoms with E-state index in [1.165, 1.54) is 0 Å². The van der Waals surface area contributed by atoms with Gasteiger partial charge in [-0.1, -0.05) is 30.3 Å². The quantitative estimate of drug-likeness (QED) is 0.757. The van der Waals surface area contributed by atoms with Crippen LogP contribution in [0, 0.1) is 6.92 Å². The van der Waals surface area contributed by atoms with Crippen molar-refractivity contribution in [1.82, 2.24) is 14.8 Å². The van der Waals surface area contributed by atoms with Crippen LogP contribution >= 0.6 is 0 Å². The summed E-state index contributed by atoms with van der Waals surface area (Å²) in [5.74, 6) is 0.845. The number of hydrogen-bond acceptors (Lipinski definition) is 4. The van der Waals surface area contributed by atoms with Crippen LogP contribution in [0.3, 0.4) is 0 Å². The maximum absolute atomic E-state index is 12.2. The Hall–Kier alpha value is -2.99. The molecule has 2 heterocycles. The standard InChI is InChI=1S/C18H18N4O2/c1-13-7-9-19-17(11-13)22-16(8-10-20-22)21-18(24)12-15(23)14-5-3-2-4-6-14/h2-11,15,23H,12H2,1H3,(H,21,24). The van der Waals surface area contributed by atoms with Crippen molar-refractivity contribution in [3.63, 3.8) is 0 Å². The van der Waals surface area contributed by atoms with Crippen molar-refractivity contribution in [1.29, 1.82) is 0 Å². The Labute approximate surface area is 139 Å². The fraction of sp³-hybridized carbons (Fsp3) is 0.167. The third kappa shape index (κ3) is 3.67. The normalized spacial score (nSPS) is 11.9. The van der Waals surface area contributed by atoms with Crippen LogP contribution in [-0.2, 0) is 4.79 Å². The maximum Gasteiger partial charge on any atom is 0.228 e. The molecule has 2 aromatic heterocycles. The largest absolute Gasteiger partial charge is 0.388 e. The van der Waals surface area contributed by atoms with Gasteiger partial charge in [0.05, 0.1) is 18.7 Å². The molecule has 24 heavy (non-hydrogen) atoms. The second-order valence-electron chi connectivity index (χ2n) is 5.50. The summed E-state index contributed by atoms with van der Waals surface area (Å²) >= 11 is 0. The van der Waals surface area contributed by atoms with E-state index in [1.807, 2.05) is 37.3 Å². The van der Waals surface area contributed by atoms with Gasteiger partial charge in [-0.25, -0.2) is 4.98 Å². The molecule has 1 aromatic carbocycles. The number of nitrogens with zero attached hydrogens (tertiary/aromatic N) is 3. The average Bonchev–Trinajstić information content (AvgIpc) is 3.03. The average molecular weight is 322 g/mol. The highest BCUT2D eigenvalue weighted by molar-refractivity contribution is 5.90. The zero-order valence-corrected chi connectivity index (χ0v) is 13.3. The van der Waals surface area contributed by atoms with Crippen molar-refractivity contribution in [3.8, 4) is 5.82 Å². The monoisotopic (exact) mass is 322 g/mol.